The largest absolute Gasteiger partial charge is 0.452 e. The maximum absolute atomic E-state index is 11.9. The van der Waals surface area contributed by atoms with Crippen molar-refractivity contribution in [2.45, 2.75) is 6.92 Å². The van der Waals surface area contributed by atoms with Gasteiger partial charge in [-0.15, -0.1) is 0 Å². The van der Waals surface area contributed by atoms with Crippen molar-refractivity contribution in [3.63, 3.8) is 0 Å². The number of halogens is 1. The summed E-state index contributed by atoms with van der Waals surface area (Å²) in [7, 11) is 0. The molecule has 0 fully saturated rings. The van der Waals surface area contributed by atoms with Crippen LogP contribution in [0.25, 0.3) is 0 Å². The van der Waals surface area contributed by atoms with Crippen LogP contribution in [0.5, 0.6) is 0 Å². The second kappa shape index (κ2) is 8.07. The molecule has 0 aliphatic heterocycles. The summed E-state index contributed by atoms with van der Waals surface area (Å²) in [6, 6.07) is 9.30. The number of pyridine rings is 1. The first-order valence-electron chi connectivity index (χ1n) is 6.91. The number of anilines is 2. The predicted octanol–water partition coefficient (Wildman–Crippen LogP) is 2.49. The minimum atomic E-state index is -0.656. The van der Waals surface area contributed by atoms with Crippen molar-refractivity contribution in [2.24, 2.45) is 0 Å². The van der Waals surface area contributed by atoms with Crippen LogP contribution in [0.3, 0.4) is 0 Å². The van der Waals surface area contributed by atoms with Crippen LogP contribution in [-0.4, -0.2) is 29.4 Å². The molecule has 2 amide bonds. The first-order chi connectivity index (χ1) is 11.5. The fourth-order valence-electron chi connectivity index (χ4n) is 1.77. The molecule has 1 aromatic carbocycles. The third-order valence-corrected chi connectivity index (χ3v) is 3.11. The van der Waals surface area contributed by atoms with Crippen LogP contribution in [-0.2, 0) is 14.3 Å². The topological polar surface area (TPSA) is 97.4 Å². The summed E-state index contributed by atoms with van der Waals surface area (Å²) in [5.41, 5.74) is 1.15. The van der Waals surface area contributed by atoms with Gasteiger partial charge in [0.25, 0.3) is 5.91 Å². The Labute approximate surface area is 143 Å². The predicted molar refractivity (Wildman–Crippen MR) is 88.9 cm³/mol. The number of hydrogen-bond acceptors (Lipinski definition) is 5. The van der Waals surface area contributed by atoms with E-state index in [-0.39, 0.29) is 16.6 Å². The lowest BCUT2D eigenvalue weighted by molar-refractivity contribution is -0.119. The highest BCUT2D eigenvalue weighted by molar-refractivity contribution is 6.32. The van der Waals surface area contributed by atoms with Crippen molar-refractivity contribution in [1.29, 1.82) is 0 Å². The molecule has 0 aliphatic rings. The van der Waals surface area contributed by atoms with Gasteiger partial charge in [0, 0.05) is 18.8 Å². The Bertz CT molecular complexity index is 762. The monoisotopic (exact) mass is 347 g/mol. The maximum Gasteiger partial charge on any atom is 0.338 e. The van der Waals surface area contributed by atoms with E-state index in [1.807, 2.05) is 0 Å². The Morgan fingerprint density at radius 3 is 2.46 bits per heavy atom. The number of hydrogen-bond donors (Lipinski definition) is 2. The molecule has 0 saturated heterocycles. The molecular formula is C16H14ClN3O4. The van der Waals surface area contributed by atoms with Crippen LogP contribution < -0.4 is 10.6 Å². The number of esters is 1. The van der Waals surface area contributed by atoms with Gasteiger partial charge >= 0.3 is 5.97 Å². The van der Waals surface area contributed by atoms with Gasteiger partial charge in [-0.1, -0.05) is 11.6 Å². The summed E-state index contributed by atoms with van der Waals surface area (Å²) in [6.45, 7) is 0.923. The molecule has 0 aliphatic carbocycles. The third-order valence-electron chi connectivity index (χ3n) is 2.81. The number of aromatic nitrogens is 1. The highest BCUT2D eigenvalue weighted by Crippen LogP contribution is 2.17. The molecule has 0 atom stereocenters. The molecule has 24 heavy (non-hydrogen) atoms. The average molecular weight is 348 g/mol. The molecular weight excluding hydrogens is 334 g/mol. The summed E-state index contributed by atoms with van der Waals surface area (Å²) >= 11 is 5.81. The van der Waals surface area contributed by atoms with Crippen molar-refractivity contribution in [3.05, 3.63) is 53.3 Å². The van der Waals surface area contributed by atoms with Crippen LogP contribution in [0.15, 0.2) is 42.6 Å². The van der Waals surface area contributed by atoms with Gasteiger partial charge in [0.2, 0.25) is 5.91 Å². The van der Waals surface area contributed by atoms with E-state index >= 15 is 0 Å². The van der Waals surface area contributed by atoms with E-state index in [4.69, 9.17) is 16.3 Å². The molecule has 124 valence electrons. The van der Waals surface area contributed by atoms with Crippen LogP contribution in [0.1, 0.15) is 17.3 Å². The molecule has 2 rings (SSSR count). The Kier molecular flexibility index (Phi) is 5.86. The van der Waals surface area contributed by atoms with Gasteiger partial charge < -0.3 is 15.4 Å². The van der Waals surface area contributed by atoms with Crippen molar-refractivity contribution < 1.29 is 19.1 Å². The highest BCUT2D eigenvalue weighted by atomic mass is 35.5. The van der Waals surface area contributed by atoms with Crippen LogP contribution in [0, 0.1) is 0 Å². The molecule has 0 saturated carbocycles. The third kappa shape index (κ3) is 5.06. The van der Waals surface area contributed by atoms with E-state index in [1.54, 1.807) is 24.3 Å². The number of amides is 2. The number of ether oxygens (including phenoxy) is 1. The summed E-state index contributed by atoms with van der Waals surface area (Å²) in [5.74, 6) is -1.40. The zero-order chi connectivity index (χ0) is 17.5. The summed E-state index contributed by atoms with van der Waals surface area (Å²) in [6.07, 6.45) is 1.49. The molecule has 0 radical (unpaired) electrons. The van der Waals surface area contributed by atoms with E-state index in [0.29, 0.717) is 11.4 Å². The number of nitrogens with one attached hydrogen (secondary N) is 2. The Morgan fingerprint density at radius 2 is 1.83 bits per heavy atom. The zero-order valence-electron chi connectivity index (χ0n) is 12.7. The van der Waals surface area contributed by atoms with Crippen LogP contribution >= 0.6 is 11.6 Å². The lowest BCUT2D eigenvalue weighted by Crippen LogP contribution is -2.21. The average Bonchev–Trinajstić information content (AvgIpc) is 2.55. The standard InChI is InChI=1S/C16H14ClN3O4/c1-10(21)19-12-6-4-11(5-7-12)16(23)24-9-14(22)20-13-3-2-8-18-15(13)17/h2-8H,9H2,1H3,(H,19,21)(H,20,22). The Hall–Kier alpha value is -2.93. The van der Waals surface area contributed by atoms with Gasteiger partial charge in [-0.3, -0.25) is 9.59 Å². The first kappa shape index (κ1) is 17.4. The minimum absolute atomic E-state index is 0.144. The van der Waals surface area contributed by atoms with Crippen LogP contribution in [0.2, 0.25) is 5.15 Å². The molecule has 2 N–H and O–H groups in total. The van der Waals surface area contributed by atoms with E-state index < -0.39 is 18.5 Å². The van der Waals surface area contributed by atoms with Crippen LogP contribution in [0.4, 0.5) is 11.4 Å². The second-order valence-electron chi connectivity index (χ2n) is 4.72. The fraction of sp³-hybridized carbons (Fsp3) is 0.125. The second-order valence-corrected chi connectivity index (χ2v) is 5.08. The number of carbonyl (C=O) groups excluding carboxylic acids is 3. The minimum Gasteiger partial charge on any atom is -0.452 e. The van der Waals surface area contributed by atoms with E-state index in [1.165, 1.54) is 25.3 Å². The quantitative estimate of drug-likeness (QED) is 0.639. The summed E-state index contributed by atoms with van der Waals surface area (Å²) < 4.78 is 4.92. The molecule has 8 heteroatoms. The van der Waals surface area contributed by atoms with Crippen molar-refractivity contribution in [1.82, 2.24) is 4.98 Å². The summed E-state index contributed by atoms with van der Waals surface area (Å²) in [5, 5.41) is 5.21. The molecule has 1 heterocycles. The molecule has 2 aromatic rings. The maximum atomic E-state index is 11.9. The first-order valence-corrected chi connectivity index (χ1v) is 7.28. The number of rotatable bonds is 5. The number of benzene rings is 1. The molecule has 0 spiro atoms. The van der Waals surface area contributed by atoms with Crippen molar-refractivity contribution >= 4 is 40.8 Å². The van der Waals surface area contributed by atoms with E-state index in [0.717, 1.165) is 0 Å². The lowest BCUT2D eigenvalue weighted by Gasteiger charge is -2.08. The summed E-state index contributed by atoms with van der Waals surface area (Å²) in [4.78, 5) is 38.4. The van der Waals surface area contributed by atoms with Gasteiger partial charge in [0.15, 0.2) is 11.8 Å². The molecule has 7 nitrogen and oxygen atoms in total. The zero-order valence-corrected chi connectivity index (χ0v) is 13.5. The number of nitrogens with zero attached hydrogens (tertiary/aromatic N) is 1. The SMILES string of the molecule is CC(=O)Nc1ccc(C(=O)OCC(=O)Nc2cccnc2Cl)cc1. The van der Waals surface area contributed by atoms with Gasteiger partial charge in [-0.25, -0.2) is 9.78 Å². The molecule has 1 aromatic heterocycles. The Morgan fingerprint density at radius 1 is 1.12 bits per heavy atom. The highest BCUT2D eigenvalue weighted by Gasteiger charge is 2.11. The molecule has 0 bridgehead atoms. The normalized spacial score (nSPS) is 9.92. The smallest absolute Gasteiger partial charge is 0.338 e. The van der Waals surface area contributed by atoms with E-state index in [9.17, 15) is 14.4 Å². The van der Waals surface area contributed by atoms with Gasteiger partial charge in [0.05, 0.1) is 11.3 Å². The number of carbonyl (C=O) groups is 3. The van der Waals surface area contributed by atoms with Gasteiger partial charge in [0.1, 0.15) is 0 Å². The lowest BCUT2D eigenvalue weighted by atomic mass is 10.2. The fourth-order valence-corrected chi connectivity index (χ4v) is 1.94. The van der Waals surface area contributed by atoms with Crippen molar-refractivity contribution in [2.75, 3.05) is 17.2 Å². The van der Waals surface area contributed by atoms with Crippen molar-refractivity contribution in [3.8, 4) is 0 Å². The Balaban J connectivity index is 1.87. The van der Waals surface area contributed by atoms with Gasteiger partial charge in [-0.2, -0.15) is 0 Å². The van der Waals surface area contributed by atoms with E-state index in [2.05, 4.69) is 15.6 Å². The van der Waals surface area contributed by atoms with Gasteiger partial charge in [-0.05, 0) is 36.4 Å². The molecule has 0 unspecified atom stereocenters.